The minimum Gasteiger partial charge on any atom is -0.409 e. The third-order valence-corrected chi connectivity index (χ3v) is 4.02. The van der Waals surface area contributed by atoms with E-state index in [9.17, 15) is 4.79 Å². The second-order valence-corrected chi connectivity index (χ2v) is 5.47. The minimum absolute atomic E-state index is 0.00987. The van der Waals surface area contributed by atoms with E-state index in [0.29, 0.717) is 31.6 Å². The number of nitrogens with zero attached hydrogens (tertiary/aromatic N) is 4. The topological polar surface area (TPSA) is 118 Å². The molecule has 0 aliphatic heterocycles. The normalized spacial score (nSPS) is 18.4. The SMILES string of the molecule is Cn1cnc(CCNC(=O)C2(C(N)=NO)CCCCC2)n1. The van der Waals surface area contributed by atoms with E-state index >= 15 is 0 Å². The lowest BCUT2D eigenvalue weighted by Gasteiger charge is -2.34. The number of amides is 1. The molecule has 2 rings (SSSR count). The third kappa shape index (κ3) is 3.32. The maximum atomic E-state index is 12.5. The summed E-state index contributed by atoms with van der Waals surface area (Å²) in [5.41, 5.74) is 4.91. The van der Waals surface area contributed by atoms with Gasteiger partial charge in [-0.25, -0.2) is 4.98 Å². The first-order valence-electron chi connectivity index (χ1n) is 7.19. The van der Waals surface area contributed by atoms with Gasteiger partial charge in [-0.2, -0.15) is 5.10 Å². The van der Waals surface area contributed by atoms with Crippen molar-refractivity contribution in [3.63, 3.8) is 0 Å². The van der Waals surface area contributed by atoms with E-state index in [4.69, 9.17) is 10.9 Å². The van der Waals surface area contributed by atoms with Crippen molar-refractivity contribution in [3.8, 4) is 0 Å². The molecule has 8 heteroatoms. The average Bonchev–Trinajstić information content (AvgIpc) is 2.92. The Morgan fingerprint density at radius 1 is 1.52 bits per heavy atom. The molecule has 0 radical (unpaired) electrons. The van der Waals surface area contributed by atoms with Gasteiger partial charge in [0.05, 0.1) is 0 Å². The molecule has 8 nitrogen and oxygen atoms in total. The van der Waals surface area contributed by atoms with Crippen LogP contribution in [0, 0.1) is 5.41 Å². The number of hydrogen-bond donors (Lipinski definition) is 3. The zero-order valence-electron chi connectivity index (χ0n) is 12.2. The molecule has 1 aliphatic carbocycles. The number of nitrogens with one attached hydrogen (secondary N) is 1. The summed E-state index contributed by atoms with van der Waals surface area (Å²) in [6.07, 6.45) is 6.31. The number of carbonyl (C=O) groups excluding carboxylic acids is 1. The smallest absolute Gasteiger partial charge is 0.233 e. The van der Waals surface area contributed by atoms with E-state index in [1.807, 2.05) is 0 Å². The van der Waals surface area contributed by atoms with E-state index in [1.165, 1.54) is 0 Å². The summed E-state index contributed by atoms with van der Waals surface area (Å²) in [6.45, 7) is 0.434. The Hall–Kier alpha value is -2.12. The van der Waals surface area contributed by atoms with Gasteiger partial charge in [0.1, 0.15) is 11.7 Å². The maximum Gasteiger partial charge on any atom is 0.233 e. The lowest BCUT2D eigenvalue weighted by molar-refractivity contribution is -0.129. The Bertz CT molecular complexity index is 518. The molecule has 0 atom stereocenters. The first-order valence-corrected chi connectivity index (χ1v) is 7.19. The number of amidine groups is 1. The quantitative estimate of drug-likeness (QED) is 0.309. The van der Waals surface area contributed by atoms with Crippen LogP contribution < -0.4 is 11.1 Å². The van der Waals surface area contributed by atoms with Crippen LogP contribution in [-0.4, -0.2) is 38.3 Å². The van der Waals surface area contributed by atoms with Gasteiger partial charge in [0, 0.05) is 20.0 Å². The average molecular weight is 294 g/mol. The molecule has 0 unspecified atom stereocenters. The van der Waals surface area contributed by atoms with Gasteiger partial charge in [-0.05, 0) is 12.8 Å². The molecule has 0 saturated heterocycles. The molecule has 1 aromatic rings. The minimum atomic E-state index is -0.870. The molecule has 1 heterocycles. The number of carbonyl (C=O) groups is 1. The van der Waals surface area contributed by atoms with E-state index in [0.717, 1.165) is 19.3 Å². The molecule has 0 bridgehead atoms. The van der Waals surface area contributed by atoms with Crippen LogP contribution in [0.4, 0.5) is 0 Å². The summed E-state index contributed by atoms with van der Waals surface area (Å²) >= 11 is 0. The number of aromatic nitrogens is 3. The van der Waals surface area contributed by atoms with Crippen molar-refractivity contribution < 1.29 is 10.0 Å². The van der Waals surface area contributed by atoms with E-state index in [1.54, 1.807) is 18.1 Å². The largest absolute Gasteiger partial charge is 0.409 e. The summed E-state index contributed by atoms with van der Waals surface area (Å²) in [5, 5.41) is 19.1. The second-order valence-electron chi connectivity index (χ2n) is 5.47. The maximum absolute atomic E-state index is 12.5. The lowest BCUT2D eigenvalue weighted by Crippen LogP contribution is -2.51. The van der Waals surface area contributed by atoms with Crippen molar-refractivity contribution in [2.24, 2.45) is 23.4 Å². The van der Waals surface area contributed by atoms with Crippen molar-refractivity contribution in [1.82, 2.24) is 20.1 Å². The Kier molecular flexibility index (Phi) is 4.77. The summed E-state index contributed by atoms with van der Waals surface area (Å²) in [6, 6.07) is 0. The van der Waals surface area contributed by atoms with Gasteiger partial charge >= 0.3 is 0 Å². The predicted molar refractivity (Wildman–Crippen MR) is 76.6 cm³/mol. The van der Waals surface area contributed by atoms with Crippen molar-refractivity contribution in [2.45, 2.75) is 38.5 Å². The molecule has 0 spiro atoms. The van der Waals surface area contributed by atoms with Crippen LogP contribution in [0.3, 0.4) is 0 Å². The molecular formula is C13H22N6O2. The molecule has 116 valence electrons. The summed E-state index contributed by atoms with van der Waals surface area (Å²) in [7, 11) is 1.80. The summed E-state index contributed by atoms with van der Waals surface area (Å²) in [5.74, 6) is 0.517. The van der Waals surface area contributed by atoms with Crippen LogP contribution >= 0.6 is 0 Å². The van der Waals surface area contributed by atoms with Gasteiger partial charge in [0.25, 0.3) is 0 Å². The molecule has 1 saturated carbocycles. The van der Waals surface area contributed by atoms with Crippen molar-refractivity contribution in [1.29, 1.82) is 0 Å². The molecular weight excluding hydrogens is 272 g/mol. The van der Waals surface area contributed by atoms with Crippen molar-refractivity contribution in [3.05, 3.63) is 12.2 Å². The Morgan fingerprint density at radius 2 is 2.24 bits per heavy atom. The number of hydrogen-bond acceptors (Lipinski definition) is 5. The Labute approximate surface area is 123 Å². The van der Waals surface area contributed by atoms with Crippen molar-refractivity contribution >= 4 is 11.7 Å². The van der Waals surface area contributed by atoms with Gasteiger partial charge in [-0.15, -0.1) is 0 Å². The van der Waals surface area contributed by atoms with Gasteiger partial charge in [-0.1, -0.05) is 24.4 Å². The standard InChI is InChI=1S/C13H22N6O2/c1-19-9-16-10(17-19)5-8-15-12(20)13(11(14)18-21)6-3-2-4-7-13/h9,21H,2-8H2,1H3,(H2,14,18)(H,15,20). The van der Waals surface area contributed by atoms with Crippen LogP contribution in [0.2, 0.25) is 0 Å². The number of aryl methyl sites for hydroxylation is 1. The van der Waals surface area contributed by atoms with E-state index in [2.05, 4.69) is 20.6 Å². The second kappa shape index (κ2) is 6.55. The zero-order valence-corrected chi connectivity index (χ0v) is 12.2. The molecule has 0 aromatic carbocycles. The fourth-order valence-corrected chi connectivity index (χ4v) is 2.81. The molecule has 1 fully saturated rings. The molecule has 21 heavy (non-hydrogen) atoms. The fraction of sp³-hybridized carbons (Fsp3) is 0.692. The fourth-order valence-electron chi connectivity index (χ4n) is 2.81. The predicted octanol–water partition coefficient (Wildman–Crippen LogP) is 0.171. The van der Waals surface area contributed by atoms with Crippen LogP contribution in [0.5, 0.6) is 0 Å². The summed E-state index contributed by atoms with van der Waals surface area (Å²) < 4.78 is 1.62. The van der Waals surface area contributed by atoms with E-state index in [-0.39, 0.29) is 11.7 Å². The van der Waals surface area contributed by atoms with Gasteiger partial charge in [-0.3, -0.25) is 9.48 Å². The molecule has 1 aliphatic rings. The van der Waals surface area contributed by atoms with Crippen LogP contribution in [0.1, 0.15) is 37.9 Å². The van der Waals surface area contributed by atoms with Crippen molar-refractivity contribution in [2.75, 3.05) is 6.54 Å². The Morgan fingerprint density at radius 3 is 2.81 bits per heavy atom. The first-order chi connectivity index (χ1) is 10.1. The van der Waals surface area contributed by atoms with Crippen LogP contribution in [0.15, 0.2) is 11.5 Å². The van der Waals surface area contributed by atoms with Gasteiger partial charge in [0.15, 0.2) is 11.7 Å². The molecule has 1 amide bonds. The van der Waals surface area contributed by atoms with Crippen LogP contribution in [0.25, 0.3) is 0 Å². The highest BCUT2D eigenvalue weighted by molar-refractivity contribution is 6.06. The van der Waals surface area contributed by atoms with Gasteiger partial charge in [0.2, 0.25) is 5.91 Å². The molecule has 1 aromatic heterocycles. The molecule has 4 N–H and O–H groups in total. The monoisotopic (exact) mass is 294 g/mol. The Balaban J connectivity index is 1.95. The van der Waals surface area contributed by atoms with E-state index < -0.39 is 5.41 Å². The highest BCUT2D eigenvalue weighted by atomic mass is 16.4. The third-order valence-electron chi connectivity index (χ3n) is 4.02. The van der Waals surface area contributed by atoms with Crippen LogP contribution in [-0.2, 0) is 18.3 Å². The first kappa shape index (κ1) is 15.3. The number of oxime groups is 1. The van der Waals surface area contributed by atoms with Gasteiger partial charge < -0.3 is 16.3 Å². The number of nitrogens with two attached hydrogens (primary N) is 1. The zero-order chi connectivity index (χ0) is 15.3. The lowest BCUT2D eigenvalue weighted by atomic mass is 9.72. The summed E-state index contributed by atoms with van der Waals surface area (Å²) in [4.78, 5) is 16.6. The highest BCUT2D eigenvalue weighted by Gasteiger charge is 2.43. The number of rotatable bonds is 5. The highest BCUT2D eigenvalue weighted by Crippen LogP contribution is 2.36.